The smallest absolute Gasteiger partial charge is 0.362 e. The Morgan fingerprint density at radius 3 is 1.66 bits per heavy atom. The molecule has 0 saturated carbocycles. The van der Waals surface area contributed by atoms with E-state index in [1.54, 1.807) is 0 Å². The molecule has 53 heavy (non-hydrogen) atoms. The van der Waals surface area contributed by atoms with Crippen LogP contribution >= 0.6 is 0 Å². The van der Waals surface area contributed by atoms with Crippen LogP contribution in [0.3, 0.4) is 0 Å². The van der Waals surface area contributed by atoms with E-state index in [9.17, 15) is 19.5 Å². The van der Waals surface area contributed by atoms with Crippen molar-refractivity contribution in [2.24, 2.45) is 0 Å². The van der Waals surface area contributed by atoms with Crippen LogP contribution in [0.2, 0.25) is 0 Å². The Kier molecular flexibility index (Phi) is 33.6. The molecule has 2 unspecified atom stereocenters. The Morgan fingerprint density at radius 1 is 0.585 bits per heavy atom. The highest BCUT2D eigenvalue weighted by atomic mass is 16.6. The number of carbonyl (C=O) groups is 3. The van der Waals surface area contributed by atoms with Gasteiger partial charge in [-0.3, -0.25) is 9.59 Å². The molecule has 0 amide bonds. The summed E-state index contributed by atoms with van der Waals surface area (Å²) in [6.45, 7) is 4.47. The van der Waals surface area contributed by atoms with Crippen molar-refractivity contribution in [3.05, 3.63) is 72.9 Å². The summed E-state index contributed by atoms with van der Waals surface area (Å²) in [5.41, 5.74) is 0. The normalized spacial score (nSPS) is 13.8. The average Bonchev–Trinajstić information content (AvgIpc) is 3.11. The van der Waals surface area contributed by atoms with E-state index in [2.05, 4.69) is 80.7 Å². The van der Waals surface area contributed by atoms with Crippen LogP contribution in [0.1, 0.15) is 142 Å². The number of hydrogen-bond donors (Lipinski definition) is 1. The topological polar surface area (TPSA) is 99.1 Å². The van der Waals surface area contributed by atoms with Gasteiger partial charge in [-0.05, 0) is 70.6 Å². The number of carboxylic acid groups (broad SMARTS) is 1. The number of quaternary nitrogens is 1. The fourth-order valence-electron chi connectivity index (χ4n) is 5.43. The van der Waals surface area contributed by atoms with Crippen LogP contribution in [0.5, 0.6) is 0 Å². The first-order valence-electron chi connectivity index (χ1n) is 20.5. The second kappa shape index (κ2) is 35.8. The first-order chi connectivity index (χ1) is 25.6. The maximum atomic E-state index is 12.7. The summed E-state index contributed by atoms with van der Waals surface area (Å²) in [5.74, 6) is -1.57. The molecule has 0 bridgehead atoms. The molecule has 0 saturated heterocycles. The van der Waals surface area contributed by atoms with Gasteiger partial charge in [0.15, 0.2) is 12.1 Å². The quantitative estimate of drug-likeness (QED) is 0.0299. The monoisotopic (exact) mass is 743 g/mol. The number of likely N-dealkylation sites (N-methyl/N-ethyl adjacent to an activating group) is 1. The number of ether oxygens (including phenoxy) is 3. The van der Waals surface area contributed by atoms with Gasteiger partial charge in [0.25, 0.3) is 0 Å². The largest absolute Gasteiger partial charge is 0.477 e. The van der Waals surface area contributed by atoms with Gasteiger partial charge in [-0.15, -0.1) is 0 Å². The molecule has 0 spiro atoms. The van der Waals surface area contributed by atoms with Crippen LogP contribution in [0.15, 0.2) is 72.9 Å². The molecule has 8 heteroatoms. The number of esters is 2. The Bertz CT molecular complexity index is 1100. The number of carboxylic acids is 1. The highest BCUT2D eigenvalue weighted by Gasteiger charge is 2.31. The van der Waals surface area contributed by atoms with Crippen molar-refractivity contribution in [1.82, 2.24) is 0 Å². The summed E-state index contributed by atoms with van der Waals surface area (Å²) in [4.78, 5) is 36.7. The molecule has 1 N–H and O–H groups in total. The predicted molar refractivity (Wildman–Crippen MR) is 220 cm³/mol. The molecule has 0 aromatic heterocycles. The van der Waals surface area contributed by atoms with Crippen LogP contribution in [-0.2, 0) is 28.6 Å². The van der Waals surface area contributed by atoms with E-state index in [4.69, 9.17) is 14.2 Å². The van der Waals surface area contributed by atoms with Gasteiger partial charge < -0.3 is 23.8 Å². The molecule has 0 radical (unpaired) electrons. The lowest BCUT2D eigenvalue weighted by Crippen LogP contribution is -2.50. The minimum Gasteiger partial charge on any atom is -0.477 e. The van der Waals surface area contributed by atoms with Crippen molar-refractivity contribution in [3.8, 4) is 0 Å². The van der Waals surface area contributed by atoms with Crippen molar-refractivity contribution in [2.45, 2.75) is 154 Å². The maximum absolute atomic E-state index is 12.7. The van der Waals surface area contributed by atoms with E-state index in [1.807, 2.05) is 27.2 Å². The molecule has 0 aliphatic heterocycles. The van der Waals surface area contributed by atoms with Crippen LogP contribution in [-0.4, -0.2) is 80.6 Å². The van der Waals surface area contributed by atoms with Crippen LogP contribution in [0.25, 0.3) is 0 Å². The van der Waals surface area contributed by atoms with Crippen molar-refractivity contribution in [1.29, 1.82) is 0 Å². The first kappa shape index (κ1) is 49.8. The number of aliphatic carboxylic acids is 1. The molecule has 0 heterocycles. The third-order valence-corrected chi connectivity index (χ3v) is 8.60. The molecule has 302 valence electrons. The molecule has 0 aromatic carbocycles. The van der Waals surface area contributed by atoms with Crippen molar-refractivity contribution in [2.75, 3.05) is 41.0 Å². The molecule has 0 aliphatic rings. The summed E-state index contributed by atoms with van der Waals surface area (Å²) in [6, 6.07) is -0.623. The minimum absolute atomic E-state index is 0.0394. The average molecular weight is 743 g/mol. The Labute approximate surface area is 323 Å². The van der Waals surface area contributed by atoms with Gasteiger partial charge >= 0.3 is 17.9 Å². The summed E-state index contributed by atoms with van der Waals surface area (Å²) < 4.78 is 17.1. The van der Waals surface area contributed by atoms with E-state index in [0.29, 0.717) is 19.3 Å². The number of carbonyl (C=O) groups excluding carboxylic acids is 2. The summed E-state index contributed by atoms with van der Waals surface area (Å²) in [7, 11) is 5.49. The number of nitrogens with zero attached hydrogens (tertiary/aromatic N) is 1. The molecule has 0 rings (SSSR count). The first-order valence-corrected chi connectivity index (χ1v) is 20.5. The molecular weight excluding hydrogens is 666 g/mol. The minimum atomic E-state index is -0.886. The summed E-state index contributed by atoms with van der Waals surface area (Å²) >= 11 is 0. The fraction of sp³-hybridized carbons (Fsp3) is 0.667. The van der Waals surface area contributed by atoms with Crippen LogP contribution < -0.4 is 0 Å². The van der Waals surface area contributed by atoms with Gasteiger partial charge in [-0.2, -0.15) is 0 Å². The lowest BCUT2D eigenvalue weighted by molar-refractivity contribution is -0.887. The number of allylic oxidation sites excluding steroid dienone is 12. The Morgan fingerprint density at radius 2 is 1.09 bits per heavy atom. The number of rotatable bonds is 35. The Balaban J connectivity index is 4.32. The van der Waals surface area contributed by atoms with Crippen molar-refractivity contribution in [3.63, 3.8) is 0 Å². The summed E-state index contributed by atoms with van der Waals surface area (Å²) in [6.07, 6.45) is 44.0. The molecule has 2 atom stereocenters. The molecule has 8 nitrogen and oxygen atoms in total. The number of unbranched alkanes of at least 4 members (excludes halogenated alkanes) is 9. The van der Waals surface area contributed by atoms with Gasteiger partial charge in [0, 0.05) is 19.3 Å². The zero-order chi connectivity index (χ0) is 39.3. The van der Waals surface area contributed by atoms with Gasteiger partial charge in [0.1, 0.15) is 6.61 Å². The van der Waals surface area contributed by atoms with E-state index in [0.717, 1.165) is 77.0 Å². The highest BCUT2D eigenvalue weighted by molar-refractivity contribution is 5.72. The van der Waals surface area contributed by atoms with E-state index >= 15 is 0 Å². The molecule has 0 fully saturated rings. The van der Waals surface area contributed by atoms with E-state index < -0.39 is 18.1 Å². The van der Waals surface area contributed by atoms with Crippen LogP contribution in [0, 0.1) is 0 Å². The zero-order valence-electron chi connectivity index (χ0n) is 34.2. The molecular formula is C45H76NO7+. The second-order valence-electron chi connectivity index (χ2n) is 14.5. The van der Waals surface area contributed by atoms with Crippen molar-refractivity contribution >= 4 is 17.9 Å². The third kappa shape index (κ3) is 34.3. The maximum Gasteiger partial charge on any atom is 0.362 e. The number of hydrogen-bond acceptors (Lipinski definition) is 6. The van der Waals surface area contributed by atoms with E-state index in [1.165, 1.54) is 25.7 Å². The predicted octanol–water partition coefficient (Wildman–Crippen LogP) is 10.8. The van der Waals surface area contributed by atoms with E-state index in [-0.39, 0.29) is 42.7 Å². The molecule has 0 aliphatic carbocycles. The Hall–Kier alpha value is -3.23. The van der Waals surface area contributed by atoms with Crippen LogP contribution in [0.4, 0.5) is 0 Å². The fourth-order valence-corrected chi connectivity index (χ4v) is 5.43. The van der Waals surface area contributed by atoms with Gasteiger partial charge in [0.05, 0.1) is 34.4 Å². The van der Waals surface area contributed by atoms with Crippen molar-refractivity contribution < 1.29 is 38.2 Å². The van der Waals surface area contributed by atoms with Gasteiger partial charge in [-0.1, -0.05) is 125 Å². The molecule has 0 aromatic rings. The standard InChI is InChI=1S/C45H75NO7/c1-6-8-10-12-14-15-16-17-18-19-20-21-22-23-24-25-26-27-28-30-32-34-36-44(48)53-41(39-51-38-37-42(45(49)50)46(3,4)5)40-52-43(47)35-33-31-29-13-11-9-7-2/h8,10,14-15,17-18,20-21,23-24,29,31,41-42H,6-7,9,11-13,16,19,22,25-28,30,32-40H2,1-5H3/p+1/b10-8+,15-14+,18-17+,21-20+,24-23+,31-29+. The summed E-state index contributed by atoms with van der Waals surface area (Å²) in [5, 5.41) is 9.58. The zero-order valence-corrected chi connectivity index (χ0v) is 34.2. The van der Waals surface area contributed by atoms with Gasteiger partial charge in [-0.25, -0.2) is 4.79 Å². The van der Waals surface area contributed by atoms with Gasteiger partial charge in [0.2, 0.25) is 0 Å². The second-order valence-corrected chi connectivity index (χ2v) is 14.5. The highest BCUT2D eigenvalue weighted by Crippen LogP contribution is 2.12. The third-order valence-electron chi connectivity index (χ3n) is 8.60. The lowest BCUT2D eigenvalue weighted by Gasteiger charge is -2.31. The SMILES string of the molecule is CC/C=C/C/C=C/C/C=C/C/C=C/C/C=C/CCCCCCCCC(=O)OC(COCCC(C(=O)O)[N+](C)(C)C)COC(=O)CC/C=C/CCCCC. The lowest BCUT2D eigenvalue weighted by atomic mass is 10.1.